The minimum Gasteiger partial charge on any atom is -0.384 e. The van der Waals surface area contributed by atoms with Crippen LogP contribution in [0.1, 0.15) is 75.6 Å². The zero-order valence-corrected chi connectivity index (χ0v) is 42.5. The summed E-state index contributed by atoms with van der Waals surface area (Å²) >= 11 is 0. The molecule has 13 rings (SSSR count). The molecule has 0 unspecified atom stereocenters. The highest BCUT2D eigenvalue weighted by Gasteiger charge is 2.57. The van der Waals surface area contributed by atoms with Crippen molar-refractivity contribution in [3.05, 3.63) is 88.3 Å². The van der Waals surface area contributed by atoms with Crippen molar-refractivity contribution in [1.29, 1.82) is 0 Å². The summed E-state index contributed by atoms with van der Waals surface area (Å²) in [6.07, 6.45) is 4.83. The first-order valence-electron chi connectivity index (χ1n) is 23.5. The van der Waals surface area contributed by atoms with Crippen molar-refractivity contribution >= 4 is 63.7 Å². The first kappa shape index (κ1) is 50.4. The van der Waals surface area contributed by atoms with Crippen LogP contribution in [0.2, 0.25) is 0 Å². The van der Waals surface area contributed by atoms with Crippen molar-refractivity contribution < 1.29 is 70.6 Å². The third-order valence-electron chi connectivity index (χ3n) is 14.4. The first-order chi connectivity index (χ1) is 36.7. The number of fused-ring (bicyclic) bond motifs is 12. The van der Waals surface area contributed by atoms with Gasteiger partial charge in [-0.05, 0) is 5.56 Å². The molecule has 0 spiro atoms. The molecule has 1 aromatic carbocycles. The number of nitrogens with zero attached hydrogens (tertiary/aromatic N) is 18. The van der Waals surface area contributed by atoms with E-state index in [-0.39, 0.29) is 68.6 Å². The van der Waals surface area contributed by atoms with Crippen LogP contribution in [0, 0.1) is 0 Å². The van der Waals surface area contributed by atoms with Gasteiger partial charge >= 0.3 is 28.5 Å². The number of carbonyl (C=O) groups excluding carboxylic acids is 6. The maximum atomic E-state index is 13.2. The lowest BCUT2D eigenvalue weighted by Gasteiger charge is -2.35. The molecular formula is C43H48N18O15S. The number of amidine groups is 3. The highest BCUT2D eigenvalue weighted by atomic mass is 32.3. The Morgan fingerprint density at radius 1 is 0.558 bits per heavy atom. The summed E-state index contributed by atoms with van der Waals surface area (Å²) < 4.78 is 40.5. The number of carbonyl (C=O) groups is 6. The quantitative estimate of drug-likeness (QED) is 0.165. The number of hydrogen-bond acceptors (Lipinski definition) is 20. The Morgan fingerprint density at radius 3 is 1.36 bits per heavy atom. The largest absolute Gasteiger partial charge is 0.418 e. The van der Waals surface area contributed by atoms with Gasteiger partial charge in [0.1, 0.15) is 42.9 Å². The molecule has 3 saturated heterocycles. The van der Waals surface area contributed by atoms with Gasteiger partial charge in [-0.15, -0.1) is 4.28 Å². The monoisotopic (exact) mass is 1090 g/mol. The Kier molecular flexibility index (Phi) is 12.3. The third kappa shape index (κ3) is 8.26. The molecule has 77 heavy (non-hydrogen) atoms. The second-order valence-electron chi connectivity index (χ2n) is 18.7. The van der Waals surface area contributed by atoms with E-state index in [9.17, 15) is 42.4 Å². The fraction of sp³-hybridized carbons (Fsp3) is 0.442. The summed E-state index contributed by atoms with van der Waals surface area (Å²) in [5, 5.41) is 37.4. The molecule has 4 aromatic rings. The number of aryl methyl sites for hydroxylation is 3. The average molecular weight is 1090 g/mol. The van der Waals surface area contributed by atoms with E-state index in [1.54, 1.807) is 54.8 Å². The topological polar surface area (TPSA) is 343 Å². The van der Waals surface area contributed by atoms with Gasteiger partial charge in [0.15, 0.2) is 37.3 Å². The number of amides is 9. The molecule has 0 saturated carbocycles. The van der Waals surface area contributed by atoms with E-state index in [1.807, 2.05) is 37.4 Å². The van der Waals surface area contributed by atoms with Crippen LogP contribution in [0.4, 0.5) is 14.4 Å². The lowest BCUT2D eigenvalue weighted by molar-refractivity contribution is -0.141. The minimum absolute atomic E-state index is 0.0543. The van der Waals surface area contributed by atoms with Crippen molar-refractivity contribution in [2.24, 2.45) is 36.6 Å². The van der Waals surface area contributed by atoms with Gasteiger partial charge in [-0.2, -0.15) is 38.9 Å². The fourth-order valence-electron chi connectivity index (χ4n) is 10.6. The van der Waals surface area contributed by atoms with Crippen LogP contribution in [-0.2, 0) is 76.2 Å². The number of rotatable bonds is 8. The highest BCUT2D eigenvalue weighted by molar-refractivity contribution is 7.80. The number of hydroxylamine groups is 6. The standard InChI is InChI=1S/C19H20N6O4.C12H14N6O7S.C12H14N6O4/c1-22-15(26)11-28-21-18(22)17-16-13(8-20-23(16)2)14-9-24(17)19(27)25(14)29-10-12-6-4-3-5-7-12;1-15-8(19)5-24-14-11(15)10-9-6(3-13-16(9)2)7-4-17(10)12(20)18(7)25-26(21,22)23;1-15-8(19)5-22-14-11(15)10-9-6(3-13-16(9)2)7-4-17(10)12(20)18(7)21/h3-8,14,17H,9-11H2,1-2H3;3,7,10H,4-5H2,1-2H3,(H,21,22,23);3,7,10,21H,4-5H2,1-2H3/t14-,17-;2*7-,10-/m000/s1. The SMILES string of the molecule is CN1C(=O)CON=C1[C@@H]1c2c(cnn2C)[C@@H]2CN1C(=O)N2O.CN1C(=O)CON=C1[C@@H]1c2c(cnn2C)[C@@H]2CN1C(=O)N2OCc1ccccc1.CN1C(=O)CON=C1[C@@H]1c2c(cnn2C)[C@@H]2CN1C(=O)N2OS(=O)(=O)O. The maximum absolute atomic E-state index is 13.2. The summed E-state index contributed by atoms with van der Waals surface area (Å²) in [7, 11) is 5.01. The smallest absolute Gasteiger partial charge is 0.384 e. The summed E-state index contributed by atoms with van der Waals surface area (Å²) in [6, 6.07) is 4.48. The molecule has 406 valence electrons. The molecule has 9 aliphatic heterocycles. The molecule has 3 aromatic heterocycles. The van der Waals surface area contributed by atoms with Crippen molar-refractivity contribution in [1.82, 2.24) is 73.9 Å². The van der Waals surface area contributed by atoms with Crippen molar-refractivity contribution in [2.45, 2.75) is 42.9 Å². The van der Waals surface area contributed by atoms with Crippen LogP contribution in [0.15, 0.2) is 64.4 Å². The van der Waals surface area contributed by atoms with Crippen molar-refractivity contribution in [3.8, 4) is 0 Å². The molecule has 0 aliphatic carbocycles. The van der Waals surface area contributed by atoms with E-state index in [4.69, 9.17) is 23.9 Å². The van der Waals surface area contributed by atoms with Gasteiger partial charge in [-0.1, -0.05) is 45.8 Å². The molecule has 3 fully saturated rings. The molecule has 9 aliphatic rings. The normalized spacial score (nSPS) is 25.0. The maximum Gasteiger partial charge on any atom is 0.418 e. The number of benzene rings is 1. The molecule has 34 heteroatoms. The van der Waals surface area contributed by atoms with E-state index in [1.165, 1.54) is 47.5 Å². The third-order valence-corrected chi connectivity index (χ3v) is 14.8. The molecule has 9 amide bonds. The molecule has 33 nitrogen and oxygen atoms in total. The number of hydrogen-bond donors (Lipinski definition) is 2. The Labute approximate surface area is 435 Å². The number of oxime groups is 3. The van der Waals surface area contributed by atoms with Crippen LogP contribution < -0.4 is 0 Å². The average Bonchev–Trinajstić information content (AvgIpc) is 4.28. The lowest BCUT2D eigenvalue weighted by atomic mass is 9.96. The highest BCUT2D eigenvalue weighted by Crippen LogP contribution is 2.47. The van der Waals surface area contributed by atoms with Gasteiger partial charge in [-0.3, -0.25) is 57.7 Å². The van der Waals surface area contributed by atoms with Gasteiger partial charge in [-0.25, -0.2) is 14.4 Å². The van der Waals surface area contributed by atoms with Gasteiger partial charge in [0.2, 0.25) is 0 Å². The van der Waals surface area contributed by atoms with Crippen LogP contribution >= 0.6 is 0 Å². The predicted octanol–water partition coefficient (Wildman–Crippen LogP) is -0.578. The van der Waals surface area contributed by atoms with Crippen LogP contribution in [0.25, 0.3) is 0 Å². The molecule has 6 atom stereocenters. The van der Waals surface area contributed by atoms with Crippen molar-refractivity contribution in [3.63, 3.8) is 0 Å². The Morgan fingerprint density at radius 2 is 0.935 bits per heavy atom. The summed E-state index contributed by atoms with van der Waals surface area (Å²) in [5.74, 6) is 0.0177. The van der Waals surface area contributed by atoms with E-state index >= 15 is 0 Å². The Balaban J connectivity index is 0.000000124. The van der Waals surface area contributed by atoms with Crippen LogP contribution in [0.5, 0.6) is 0 Å². The van der Waals surface area contributed by atoms with E-state index in [2.05, 4.69) is 35.0 Å². The number of urea groups is 3. The van der Waals surface area contributed by atoms with Crippen LogP contribution in [-0.4, -0.2) is 206 Å². The molecule has 0 radical (unpaired) electrons. The van der Waals surface area contributed by atoms with E-state index in [0.717, 1.165) is 22.4 Å². The Hall–Kier alpha value is -8.73. The molecule has 12 heterocycles. The van der Waals surface area contributed by atoms with E-state index in [0.29, 0.717) is 51.8 Å². The van der Waals surface area contributed by atoms with Gasteiger partial charge in [0.05, 0.1) is 55.3 Å². The summed E-state index contributed by atoms with van der Waals surface area (Å²) in [5.41, 5.74) is 5.13. The Bertz CT molecular complexity index is 3340. The van der Waals surface area contributed by atoms with Crippen molar-refractivity contribution in [2.75, 3.05) is 60.6 Å². The first-order valence-corrected chi connectivity index (χ1v) is 24.9. The van der Waals surface area contributed by atoms with Gasteiger partial charge < -0.3 is 29.2 Å². The molecular weight excluding hydrogens is 1040 g/mol. The summed E-state index contributed by atoms with van der Waals surface area (Å²) in [6.45, 7) is 0.581. The fourth-order valence-corrected chi connectivity index (χ4v) is 11.0. The molecule has 6 bridgehead atoms. The van der Waals surface area contributed by atoms with Gasteiger partial charge in [0.25, 0.3) is 17.7 Å². The van der Waals surface area contributed by atoms with E-state index < -0.39 is 52.7 Å². The predicted molar refractivity (Wildman–Crippen MR) is 252 cm³/mol. The van der Waals surface area contributed by atoms with Crippen LogP contribution in [0.3, 0.4) is 0 Å². The lowest BCUT2D eigenvalue weighted by Crippen LogP contribution is -2.49. The number of aromatic nitrogens is 6. The number of likely N-dealkylation sites (N-methyl/N-ethyl adjacent to an activating group) is 3. The zero-order chi connectivity index (χ0) is 54.5. The second kappa shape index (κ2) is 18.8. The minimum atomic E-state index is -4.90. The van der Waals surface area contributed by atoms with Gasteiger partial charge in [0, 0.05) is 59.0 Å². The zero-order valence-electron chi connectivity index (χ0n) is 41.7. The second-order valence-corrected chi connectivity index (χ2v) is 19.7. The molecule has 2 N–H and O–H groups in total. The summed E-state index contributed by atoms with van der Waals surface area (Å²) in [4.78, 5) is 104.